The molecule has 1 saturated carbocycles. The number of pyridine rings is 1. The van der Waals surface area contributed by atoms with Gasteiger partial charge in [0.1, 0.15) is 0 Å². The van der Waals surface area contributed by atoms with Gasteiger partial charge in [-0.1, -0.05) is 32.8 Å². The second-order valence-corrected chi connectivity index (χ2v) is 9.47. The van der Waals surface area contributed by atoms with Crippen molar-refractivity contribution < 1.29 is 14.7 Å². The number of carbonyl (C=O) groups excluding carboxylic acids is 1. The highest BCUT2D eigenvalue weighted by Gasteiger charge is 2.28. The van der Waals surface area contributed by atoms with Gasteiger partial charge in [-0.3, -0.25) is 14.6 Å². The lowest BCUT2D eigenvalue weighted by Crippen LogP contribution is -2.43. The number of carboxylic acids is 1. The maximum atomic E-state index is 12.9. The summed E-state index contributed by atoms with van der Waals surface area (Å²) in [5.41, 5.74) is 3.66. The molecule has 3 atom stereocenters. The molecule has 0 bridgehead atoms. The van der Waals surface area contributed by atoms with E-state index >= 15 is 0 Å². The summed E-state index contributed by atoms with van der Waals surface area (Å²) >= 11 is 1.37. The number of hydrogen-bond acceptors (Lipinski definition) is 4. The quantitative estimate of drug-likeness (QED) is 0.709. The summed E-state index contributed by atoms with van der Waals surface area (Å²) in [6.07, 6.45) is 6.33. The molecule has 0 radical (unpaired) electrons. The first-order chi connectivity index (χ1) is 13.9. The van der Waals surface area contributed by atoms with Crippen LogP contribution in [0.2, 0.25) is 0 Å². The Kier molecular flexibility index (Phi) is 5.81. The molecule has 2 aromatic rings. The van der Waals surface area contributed by atoms with E-state index < -0.39 is 5.97 Å². The molecule has 1 aromatic heterocycles. The minimum Gasteiger partial charge on any atom is -0.481 e. The van der Waals surface area contributed by atoms with Crippen LogP contribution in [-0.2, 0) is 17.6 Å². The predicted octanol–water partition coefficient (Wildman–Crippen LogP) is 4.45. The smallest absolute Gasteiger partial charge is 0.313 e. The van der Waals surface area contributed by atoms with Crippen molar-refractivity contribution in [3.63, 3.8) is 0 Å². The summed E-state index contributed by atoms with van der Waals surface area (Å²) in [6.45, 7) is 4.49. The van der Waals surface area contributed by atoms with Crippen LogP contribution in [0.5, 0.6) is 0 Å². The molecular formula is C23H28N2O3S. The molecule has 0 saturated heterocycles. The number of aliphatic carboxylic acids is 1. The van der Waals surface area contributed by atoms with Crippen molar-refractivity contribution in [2.75, 3.05) is 5.75 Å². The number of thioether (sulfide) groups is 1. The molecule has 5 nitrogen and oxygen atoms in total. The number of aryl methyl sites for hydroxylation is 1. The van der Waals surface area contributed by atoms with Crippen LogP contribution in [0.25, 0.3) is 10.9 Å². The van der Waals surface area contributed by atoms with Crippen LogP contribution in [-0.4, -0.2) is 33.8 Å². The number of aromatic nitrogens is 1. The Morgan fingerprint density at radius 3 is 2.83 bits per heavy atom. The number of hydrogen-bond donors (Lipinski definition) is 2. The maximum absolute atomic E-state index is 12.9. The lowest BCUT2D eigenvalue weighted by molar-refractivity contribution is -0.133. The van der Waals surface area contributed by atoms with Gasteiger partial charge >= 0.3 is 5.97 Å². The van der Waals surface area contributed by atoms with Crippen molar-refractivity contribution in [3.8, 4) is 0 Å². The van der Waals surface area contributed by atoms with E-state index in [0.717, 1.165) is 53.6 Å². The number of rotatable bonds is 5. The van der Waals surface area contributed by atoms with Gasteiger partial charge in [-0.2, -0.15) is 0 Å². The number of nitrogens with zero attached hydrogens (tertiary/aromatic N) is 1. The van der Waals surface area contributed by atoms with E-state index in [1.165, 1.54) is 23.7 Å². The number of carboxylic acid groups (broad SMARTS) is 1. The predicted molar refractivity (Wildman–Crippen MR) is 116 cm³/mol. The zero-order valence-electron chi connectivity index (χ0n) is 17.0. The Morgan fingerprint density at radius 1 is 1.21 bits per heavy atom. The number of benzene rings is 1. The molecule has 2 aliphatic rings. The van der Waals surface area contributed by atoms with Gasteiger partial charge in [0, 0.05) is 27.6 Å². The average molecular weight is 413 g/mol. The molecule has 1 amide bonds. The zero-order valence-corrected chi connectivity index (χ0v) is 17.8. The van der Waals surface area contributed by atoms with E-state index in [-0.39, 0.29) is 17.7 Å². The number of fused-ring (bicyclic) bond motifs is 2. The van der Waals surface area contributed by atoms with Gasteiger partial charge < -0.3 is 10.4 Å². The second kappa shape index (κ2) is 8.34. The third kappa shape index (κ3) is 4.13. The highest BCUT2D eigenvalue weighted by Crippen LogP contribution is 2.37. The van der Waals surface area contributed by atoms with Gasteiger partial charge in [-0.05, 0) is 55.2 Å². The molecule has 1 fully saturated rings. The monoisotopic (exact) mass is 412 g/mol. The van der Waals surface area contributed by atoms with E-state index in [1.54, 1.807) is 0 Å². The number of carbonyl (C=O) groups is 2. The molecular weight excluding hydrogens is 384 g/mol. The standard InChI is InChI=1S/C23H28N2O3S/c1-13-5-3-7-18(14(13)2)25-23(28)15-9-10-17-20(11-15)24-19-8-4-6-16(19)22(17)29-12-21(26)27/h9-11,13-14,18H,3-8,12H2,1-2H3,(H,25,28)(H,26,27)/t13-,14-,18-/m1/s1. The fourth-order valence-electron chi connectivity index (χ4n) is 4.70. The van der Waals surface area contributed by atoms with Gasteiger partial charge in [0.25, 0.3) is 5.91 Å². The van der Waals surface area contributed by atoms with Gasteiger partial charge in [0.15, 0.2) is 0 Å². The van der Waals surface area contributed by atoms with E-state index in [2.05, 4.69) is 19.2 Å². The first-order valence-electron chi connectivity index (χ1n) is 10.5. The lowest BCUT2D eigenvalue weighted by Gasteiger charge is -2.34. The third-order valence-electron chi connectivity index (χ3n) is 6.59. The van der Waals surface area contributed by atoms with Crippen LogP contribution in [0.15, 0.2) is 23.1 Å². The Hall–Kier alpha value is -2.08. The Balaban J connectivity index is 1.63. The van der Waals surface area contributed by atoms with Gasteiger partial charge in [0.2, 0.25) is 0 Å². The fraction of sp³-hybridized carbons (Fsp3) is 0.522. The SMILES string of the molecule is C[C@@H]1[C@H](C)CCC[C@H]1NC(=O)c1ccc2c(SCC(=O)O)c3c(nc2c1)CCC3. The molecule has 1 heterocycles. The largest absolute Gasteiger partial charge is 0.481 e. The molecule has 154 valence electrons. The summed E-state index contributed by atoms with van der Waals surface area (Å²) in [7, 11) is 0. The van der Waals surface area contributed by atoms with Crippen LogP contribution >= 0.6 is 11.8 Å². The molecule has 6 heteroatoms. The lowest BCUT2D eigenvalue weighted by atomic mass is 9.78. The maximum Gasteiger partial charge on any atom is 0.313 e. The Morgan fingerprint density at radius 2 is 2.03 bits per heavy atom. The molecule has 1 aromatic carbocycles. The van der Waals surface area contributed by atoms with Crippen molar-refractivity contribution >= 4 is 34.5 Å². The molecule has 0 aliphatic heterocycles. The summed E-state index contributed by atoms with van der Waals surface area (Å²) in [6, 6.07) is 5.87. The second-order valence-electron chi connectivity index (χ2n) is 8.48. The fourth-order valence-corrected chi connectivity index (χ4v) is 5.69. The molecule has 29 heavy (non-hydrogen) atoms. The first kappa shape index (κ1) is 20.2. The molecule has 0 spiro atoms. The number of nitrogens with one attached hydrogen (secondary N) is 1. The van der Waals surface area contributed by atoms with Crippen LogP contribution in [0.3, 0.4) is 0 Å². The summed E-state index contributed by atoms with van der Waals surface area (Å²) < 4.78 is 0. The summed E-state index contributed by atoms with van der Waals surface area (Å²) in [4.78, 5) is 29.9. The first-order valence-corrected chi connectivity index (χ1v) is 11.5. The molecule has 4 rings (SSSR count). The van der Waals surface area contributed by atoms with Crippen molar-refractivity contribution in [1.29, 1.82) is 0 Å². The van der Waals surface area contributed by atoms with Crippen LogP contribution in [0.1, 0.15) is 61.1 Å². The molecule has 0 unspecified atom stereocenters. The van der Waals surface area contributed by atoms with Crippen molar-refractivity contribution in [3.05, 3.63) is 35.0 Å². The third-order valence-corrected chi connectivity index (χ3v) is 7.73. The van der Waals surface area contributed by atoms with Gasteiger partial charge in [-0.15, -0.1) is 11.8 Å². The zero-order chi connectivity index (χ0) is 20.5. The normalized spacial score (nSPS) is 23.7. The molecule has 2 N–H and O–H groups in total. The van der Waals surface area contributed by atoms with Crippen LogP contribution < -0.4 is 5.32 Å². The van der Waals surface area contributed by atoms with E-state index in [4.69, 9.17) is 10.1 Å². The van der Waals surface area contributed by atoms with Crippen molar-refractivity contribution in [2.45, 2.75) is 63.3 Å². The highest BCUT2D eigenvalue weighted by atomic mass is 32.2. The van der Waals surface area contributed by atoms with E-state index in [9.17, 15) is 9.59 Å². The van der Waals surface area contributed by atoms with Crippen molar-refractivity contribution in [1.82, 2.24) is 10.3 Å². The topological polar surface area (TPSA) is 79.3 Å². The van der Waals surface area contributed by atoms with Gasteiger partial charge in [0.05, 0.1) is 11.3 Å². The Bertz CT molecular complexity index is 959. The average Bonchev–Trinajstić information content (AvgIpc) is 3.16. The highest BCUT2D eigenvalue weighted by molar-refractivity contribution is 8.00. The number of amides is 1. The van der Waals surface area contributed by atoms with Crippen LogP contribution in [0.4, 0.5) is 0 Å². The van der Waals surface area contributed by atoms with Crippen LogP contribution in [0, 0.1) is 11.8 Å². The Labute approximate surface area is 175 Å². The van der Waals surface area contributed by atoms with Crippen molar-refractivity contribution in [2.24, 2.45) is 11.8 Å². The summed E-state index contributed by atoms with van der Waals surface area (Å²) in [5, 5.41) is 13.3. The molecule has 2 aliphatic carbocycles. The summed E-state index contributed by atoms with van der Waals surface area (Å²) in [5.74, 6) is 0.279. The minimum absolute atomic E-state index is 0.0333. The van der Waals surface area contributed by atoms with E-state index in [0.29, 0.717) is 17.4 Å². The van der Waals surface area contributed by atoms with E-state index in [1.807, 2.05) is 18.2 Å². The van der Waals surface area contributed by atoms with Gasteiger partial charge in [-0.25, -0.2) is 0 Å². The minimum atomic E-state index is -0.821.